The molecule has 0 fully saturated rings. The molecule has 3 rings (SSSR count). The van der Waals surface area contributed by atoms with Gasteiger partial charge in [-0.05, 0) is 17.5 Å². The third-order valence-corrected chi connectivity index (χ3v) is 3.60. The Bertz CT molecular complexity index is 841. The molecule has 2 aromatic carbocycles. The lowest BCUT2D eigenvalue weighted by molar-refractivity contribution is -0.384. The van der Waals surface area contributed by atoms with Gasteiger partial charge in [0.25, 0.3) is 5.69 Å². The minimum absolute atomic E-state index is 0.135. The van der Waals surface area contributed by atoms with E-state index in [0.29, 0.717) is 0 Å². The highest BCUT2D eigenvalue weighted by Gasteiger charge is 2.18. The number of hydrogen-bond acceptors (Lipinski definition) is 2. The molecule has 0 aliphatic heterocycles. The van der Waals surface area contributed by atoms with Crippen molar-refractivity contribution in [2.24, 2.45) is 5.41 Å². The van der Waals surface area contributed by atoms with Gasteiger partial charge in [-0.25, -0.2) is 0 Å². The van der Waals surface area contributed by atoms with Crippen LogP contribution in [0, 0.1) is 15.5 Å². The molecule has 21 heavy (non-hydrogen) atoms. The van der Waals surface area contributed by atoms with Gasteiger partial charge < -0.3 is 4.57 Å². The second-order valence-corrected chi connectivity index (χ2v) is 6.62. The second-order valence-electron chi connectivity index (χ2n) is 6.62. The van der Waals surface area contributed by atoms with E-state index in [0.717, 1.165) is 28.4 Å². The highest BCUT2D eigenvalue weighted by atomic mass is 16.6. The number of aromatic nitrogens is 1. The number of benzene rings is 2. The SMILES string of the molecule is CC(C)(C)Cn1c2ccccc2c2cc([N+](=O)[O-])ccc21. The van der Waals surface area contributed by atoms with Crippen LogP contribution in [-0.2, 0) is 6.54 Å². The van der Waals surface area contributed by atoms with E-state index < -0.39 is 0 Å². The van der Waals surface area contributed by atoms with Gasteiger partial charge in [0.2, 0.25) is 0 Å². The number of fused-ring (bicyclic) bond motifs is 3. The standard InChI is InChI=1S/C17H18N2O2/c1-17(2,3)11-18-15-7-5-4-6-13(15)14-10-12(19(20)21)8-9-16(14)18/h4-10H,11H2,1-3H3. The normalized spacial score (nSPS) is 12.1. The highest BCUT2D eigenvalue weighted by Crippen LogP contribution is 2.33. The fourth-order valence-electron chi connectivity index (χ4n) is 2.80. The van der Waals surface area contributed by atoms with E-state index >= 15 is 0 Å². The van der Waals surface area contributed by atoms with Crippen LogP contribution >= 0.6 is 0 Å². The average molecular weight is 282 g/mol. The van der Waals surface area contributed by atoms with Crippen LogP contribution < -0.4 is 0 Å². The van der Waals surface area contributed by atoms with Crippen LogP contribution in [0.1, 0.15) is 20.8 Å². The molecule has 0 saturated heterocycles. The Morgan fingerprint density at radius 3 is 2.38 bits per heavy atom. The summed E-state index contributed by atoms with van der Waals surface area (Å²) in [6.45, 7) is 7.45. The lowest BCUT2D eigenvalue weighted by atomic mass is 9.97. The molecule has 0 N–H and O–H groups in total. The van der Waals surface area contributed by atoms with Crippen molar-refractivity contribution in [3.8, 4) is 0 Å². The van der Waals surface area contributed by atoms with Crippen molar-refractivity contribution in [2.75, 3.05) is 0 Å². The van der Waals surface area contributed by atoms with Gasteiger partial charge in [0, 0.05) is 40.5 Å². The second kappa shape index (κ2) is 4.58. The smallest absolute Gasteiger partial charge is 0.270 e. The van der Waals surface area contributed by atoms with Gasteiger partial charge >= 0.3 is 0 Å². The Balaban J connectivity index is 2.36. The molecule has 3 aromatic rings. The summed E-state index contributed by atoms with van der Waals surface area (Å²) in [4.78, 5) is 10.7. The van der Waals surface area contributed by atoms with Gasteiger partial charge in [-0.3, -0.25) is 10.1 Å². The van der Waals surface area contributed by atoms with Gasteiger partial charge in [-0.2, -0.15) is 0 Å². The molecule has 4 nitrogen and oxygen atoms in total. The molecule has 0 atom stereocenters. The molecule has 0 unspecified atom stereocenters. The molecule has 0 bridgehead atoms. The van der Waals surface area contributed by atoms with Crippen molar-refractivity contribution < 1.29 is 4.92 Å². The van der Waals surface area contributed by atoms with Crippen LogP contribution in [0.25, 0.3) is 21.8 Å². The van der Waals surface area contributed by atoms with Crippen LogP contribution in [-0.4, -0.2) is 9.49 Å². The number of rotatable bonds is 2. The van der Waals surface area contributed by atoms with E-state index in [1.165, 1.54) is 0 Å². The molecule has 0 amide bonds. The summed E-state index contributed by atoms with van der Waals surface area (Å²) in [6, 6.07) is 13.2. The van der Waals surface area contributed by atoms with Crippen molar-refractivity contribution in [3.63, 3.8) is 0 Å². The maximum absolute atomic E-state index is 11.0. The molecule has 0 aliphatic rings. The largest absolute Gasteiger partial charge is 0.340 e. The van der Waals surface area contributed by atoms with Gasteiger partial charge in [0.1, 0.15) is 0 Å². The fraction of sp³-hybridized carbons (Fsp3) is 0.294. The summed E-state index contributed by atoms with van der Waals surface area (Å²) >= 11 is 0. The first-order valence-electron chi connectivity index (χ1n) is 7.02. The van der Waals surface area contributed by atoms with Crippen LogP contribution in [0.4, 0.5) is 5.69 Å². The Morgan fingerprint density at radius 1 is 1.05 bits per heavy atom. The van der Waals surface area contributed by atoms with Crippen molar-refractivity contribution in [3.05, 3.63) is 52.6 Å². The minimum atomic E-state index is -0.338. The number of nitrogens with zero attached hydrogens (tertiary/aromatic N) is 2. The predicted octanol–water partition coefficient (Wildman–Crippen LogP) is 4.75. The highest BCUT2D eigenvalue weighted by molar-refractivity contribution is 6.08. The molecule has 4 heteroatoms. The third-order valence-electron chi connectivity index (χ3n) is 3.60. The molecule has 0 aliphatic carbocycles. The Hall–Kier alpha value is -2.36. The zero-order valence-corrected chi connectivity index (χ0v) is 12.5. The molecular weight excluding hydrogens is 264 g/mol. The van der Waals surface area contributed by atoms with Crippen LogP contribution in [0.2, 0.25) is 0 Å². The first-order valence-corrected chi connectivity index (χ1v) is 7.02. The van der Waals surface area contributed by atoms with Crippen molar-refractivity contribution in [1.82, 2.24) is 4.57 Å². The zero-order chi connectivity index (χ0) is 15.2. The molecule has 0 saturated carbocycles. The van der Waals surface area contributed by atoms with Gasteiger partial charge in [0.15, 0.2) is 0 Å². The summed E-state index contributed by atoms with van der Waals surface area (Å²) in [5.74, 6) is 0. The summed E-state index contributed by atoms with van der Waals surface area (Å²) < 4.78 is 2.26. The molecule has 1 heterocycles. The van der Waals surface area contributed by atoms with E-state index in [4.69, 9.17) is 0 Å². The molecule has 0 radical (unpaired) electrons. The van der Waals surface area contributed by atoms with Crippen molar-refractivity contribution in [2.45, 2.75) is 27.3 Å². The lowest BCUT2D eigenvalue weighted by Gasteiger charge is -2.20. The Labute approximate surface area is 123 Å². The summed E-state index contributed by atoms with van der Waals surface area (Å²) in [7, 11) is 0. The van der Waals surface area contributed by atoms with E-state index in [-0.39, 0.29) is 16.0 Å². The van der Waals surface area contributed by atoms with Gasteiger partial charge in [-0.15, -0.1) is 0 Å². The number of para-hydroxylation sites is 1. The first-order chi connectivity index (χ1) is 9.87. The van der Waals surface area contributed by atoms with Gasteiger partial charge in [0.05, 0.1) is 4.92 Å². The quantitative estimate of drug-likeness (QED) is 0.503. The Kier molecular flexibility index (Phi) is 2.97. The minimum Gasteiger partial charge on any atom is -0.340 e. The molecule has 1 aromatic heterocycles. The topological polar surface area (TPSA) is 48.1 Å². The Morgan fingerprint density at radius 2 is 1.71 bits per heavy atom. The predicted molar refractivity (Wildman–Crippen MR) is 85.6 cm³/mol. The maximum atomic E-state index is 11.0. The van der Waals surface area contributed by atoms with Crippen LogP contribution in [0.5, 0.6) is 0 Å². The number of non-ortho nitro benzene ring substituents is 1. The first kappa shape index (κ1) is 13.6. The summed E-state index contributed by atoms with van der Waals surface area (Å²) in [5, 5.41) is 13.0. The molecular formula is C17H18N2O2. The number of nitro benzene ring substituents is 1. The van der Waals surface area contributed by atoms with Gasteiger partial charge in [-0.1, -0.05) is 39.0 Å². The number of nitro groups is 1. The van der Waals surface area contributed by atoms with Crippen LogP contribution in [0.3, 0.4) is 0 Å². The zero-order valence-electron chi connectivity index (χ0n) is 12.5. The monoisotopic (exact) mass is 282 g/mol. The van der Waals surface area contributed by atoms with E-state index in [1.807, 2.05) is 24.3 Å². The average Bonchev–Trinajstić information content (AvgIpc) is 2.71. The summed E-state index contributed by atoms with van der Waals surface area (Å²) in [6.07, 6.45) is 0. The van der Waals surface area contributed by atoms with Crippen molar-refractivity contribution >= 4 is 27.5 Å². The number of hydrogen-bond donors (Lipinski definition) is 0. The third kappa shape index (κ3) is 2.37. The van der Waals surface area contributed by atoms with E-state index in [1.54, 1.807) is 12.1 Å². The molecule has 108 valence electrons. The summed E-state index contributed by atoms with van der Waals surface area (Å²) in [5.41, 5.74) is 2.46. The lowest BCUT2D eigenvalue weighted by Crippen LogP contribution is -2.15. The van der Waals surface area contributed by atoms with E-state index in [2.05, 4.69) is 31.4 Å². The van der Waals surface area contributed by atoms with Crippen LogP contribution in [0.15, 0.2) is 42.5 Å². The maximum Gasteiger partial charge on any atom is 0.270 e. The van der Waals surface area contributed by atoms with E-state index in [9.17, 15) is 10.1 Å². The fourth-order valence-corrected chi connectivity index (χ4v) is 2.80. The van der Waals surface area contributed by atoms with Crippen molar-refractivity contribution in [1.29, 1.82) is 0 Å². The molecule has 0 spiro atoms.